The molecule has 0 amide bonds. The molecule has 0 aromatic heterocycles. The Bertz CT molecular complexity index is 214. The molecule has 80 valence electrons. The normalized spacial score (nSPS) is 10.0. The minimum Gasteiger partial charge on any atom is -0.102 e. The monoisotopic (exact) mass is 272 g/mol. The van der Waals surface area contributed by atoms with Gasteiger partial charge in [-0.1, -0.05) is 35.4 Å². The van der Waals surface area contributed by atoms with Crippen LogP contribution in [0.15, 0.2) is 24.3 Å². The van der Waals surface area contributed by atoms with E-state index in [1.54, 1.807) is 0 Å². The lowest BCUT2D eigenvalue weighted by molar-refractivity contribution is 1.29. The summed E-state index contributed by atoms with van der Waals surface area (Å²) in [4.78, 5) is -1.35. The van der Waals surface area contributed by atoms with E-state index >= 15 is 0 Å². The van der Waals surface area contributed by atoms with Crippen LogP contribution in [0.25, 0.3) is 0 Å². The van der Waals surface area contributed by atoms with Gasteiger partial charge < -0.3 is 0 Å². The average Bonchev–Trinajstić information content (AvgIpc) is 2.11. The average molecular weight is 274 g/mol. The van der Waals surface area contributed by atoms with E-state index in [0.717, 1.165) is 0 Å². The van der Waals surface area contributed by atoms with Gasteiger partial charge in [0.25, 0.3) is 0 Å². The highest BCUT2D eigenvalue weighted by Crippen LogP contribution is 2.16. The molecule has 0 radical (unpaired) electrons. The molecule has 0 atom stereocenters. The third-order valence-electron chi connectivity index (χ3n) is 1.41. The molecule has 0 saturated heterocycles. The molecule has 0 bridgehead atoms. The molecular weight excluding hydrogens is 262 g/mol. The molecule has 1 aromatic rings. The quantitative estimate of drug-likeness (QED) is 0.639. The van der Waals surface area contributed by atoms with Crippen LogP contribution in [0.3, 0.4) is 0 Å². The lowest BCUT2D eigenvalue weighted by atomic mass is 10.2. The number of rotatable bonds is 1. The second kappa shape index (κ2) is 7.64. The number of alkyl halides is 4. The van der Waals surface area contributed by atoms with E-state index in [2.05, 4.69) is 38.1 Å². The molecule has 14 heavy (non-hydrogen) atoms. The van der Waals surface area contributed by atoms with Gasteiger partial charge in [-0.2, -0.15) is 0 Å². The maximum absolute atomic E-state index is 5.11. The van der Waals surface area contributed by atoms with Crippen LogP contribution in [-0.2, 0) is 0 Å². The topological polar surface area (TPSA) is 0 Å². The molecule has 0 aliphatic carbocycles. The fraction of sp³-hybridized carbons (Fsp3) is 0.400. The minimum absolute atomic E-state index is 0.673. The van der Waals surface area contributed by atoms with Crippen molar-refractivity contribution in [2.24, 2.45) is 0 Å². The van der Waals surface area contributed by atoms with Gasteiger partial charge in [0.15, 0.2) is 0 Å². The molecule has 0 spiro atoms. The Kier molecular flexibility index (Phi) is 7.85. The summed E-state index contributed by atoms with van der Waals surface area (Å²) in [6, 6.07) is 8.48. The summed E-state index contributed by atoms with van der Waals surface area (Å²) < 4.78 is 0. The first-order chi connectivity index (χ1) is 6.43. The first-order valence-corrected chi connectivity index (χ1v) is 5.77. The number of benzene rings is 1. The lowest BCUT2D eigenvalue weighted by Gasteiger charge is -1.95. The molecule has 0 unspecified atom stereocenters. The maximum atomic E-state index is 5.11. The van der Waals surface area contributed by atoms with Crippen LogP contribution in [0, 0.1) is 13.8 Å². The fourth-order valence-corrected chi connectivity index (χ4v) is 0.637. The van der Waals surface area contributed by atoms with Gasteiger partial charge in [0.1, 0.15) is 9.67 Å². The Labute approximate surface area is 105 Å². The van der Waals surface area contributed by atoms with E-state index in [-0.39, 0.29) is 0 Å². The van der Waals surface area contributed by atoms with Gasteiger partial charge in [-0.25, -0.2) is 0 Å². The van der Waals surface area contributed by atoms with Gasteiger partial charge in [-0.05, 0) is 13.8 Å². The molecular formula is C10H12Cl4. The highest BCUT2D eigenvalue weighted by Gasteiger charge is 2.06. The zero-order chi connectivity index (χ0) is 11.1. The van der Waals surface area contributed by atoms with E-state index in [9.17, 15) is 0 Å². The van der Waals surface area contributed by atoms with Crippen LogP contribution in [0.1, 0.15) is 11.1 Å². The largest absolute Gasteiger partial charge is 0.137 e. The molecule has 0 saturated carbocycles. The van der Waals surface area contributed by atoms with Crippen molar-refractivity contribution < 1.29 is 0 Å². The van der Waals surface area contributed by atoms with Crippen molar-refractivity contribution in [3.63, 3.8) is 0 Å². The summed E-state index contributed by atoms with van der Waals surface area (Å²) in [5.74, 6) is 0. The highest BCUT2D eigenvalue weighted by atomic mass is 35.5. The van der Waals surface area contributed by atoms with Crippen molar-refractivity contribution >= 4 is 46.4 Å². The molecule has 1 rings (SSSR count). The molecule has 0 heterocycles. The first-order valence-electron chi connectivity index (χ1n) is 4.03. The van der Waals surface area contributed by atoms with Crippen LogP contribution < -0.4 is 0 Å². The summed E-state index contributed by atoms with van der Waals surface area (Å²) in [7, 11) is 0. The summed E-state index contributed by atoms with van der Waals surface area (Å²) >= 11 is 20.5. The van der Waals surface area contributed by atoms with Crippen molar-refractivity contribution in [2.45, 2.75) is 23.5 Å². The smallest absolute Gasteiger partial charge is 0.102 e. The Morgan fingerprint density at radius 3 is 1.07 bits per heavy atom. The lowest BCUT2D eigenvalue weighted by Crippen LogP contribution is -1.96. The van der Waals surface area contributed by atoms with E-state index in [1.807, 2.05) is 0 Å². The van der Waals surface area contributed by atoms with Crippen LogP contribution in [0.2, 0.25) is 0 Å². The zero-order valence-corrected chi connectivity index (χ0v) is 11.0. The van der Waals surface area contributed by atoms with E-state index in [1.165, 1.54) is 11.1 Å². The molecule has 0 N–H and O–H groups in total. The van der Waals surface area contributed by atoms with Gasteiger partial charge >= 0.3 is 0 Å². The predicted molar refractivity (Wildman–Crippen MR) is 66.9 cm³/mol. The first kappa shape index (κ1) is 14.4. The SMILES string of the molecule is Cc1ccc(C)cc1.ClC(Cl)C(Cl)Cl. The van der Waals surface area contributed by atoms with Crippen molar-refractivity contribution in [1.82, 2.24) is 0 Å². The zero-order valence-electron chi connectivity index (χ0n) is 7.98. The van der Waals surface area contributed by atoms with E-state index in [0.29, 0.717) is 0 Å². The van der Waals surface area contributed by atoms with Gasteiger partial charge in [0.05, 0.1) is 0 Å². The Morgan fingerprint density at radius 2 is 0.929 bits per heavy atom. The van der Waals surface area contributed by atoms with Gasteiger partial charge in [-0.15, -0.1) is 46.4 Å². The van der Waals surface area contributed by atoms with Crippen LogP contribution in [0.4, 0.5) is 0 Å². The third-order valence-corrected chi connectivity index (χ3v) is 2.93. The number of hydrogen-bond acceptors (Lipinski definition) is 0. The number of hydrogen-bond donors (Lipinski definition) is 0. The van der Waals surface area contributed by atoms with Crippen molar-refractivity contribution in [2.75, 3.05) is 0 Å². The Balaban J connectivity index is 0.000000255. The minimum atomic E-state index is -0.673. The summed E-state index contributed by atoms with van der Waals surface area (Å²) in [5.41, 5.74) is 2.66. The van der Waals surface area contributed by atoms with Crippen molar-refractivity contribution in [3.8, 4) is 0 Å². The number of aryl methyl sites for hydroxylation is 2. The summed E-state index contributed by atoms with van der Waals surface area (Å²) in [6.45, 7) is 4.19. The fourth-order valence-electron chi connectivity index (χ4n) is 0.637. The van der Waals surface area contributed by atoms with Crippen LogP contribution >= 0.6 is 46.4 Å². The predicted octanol–water partition coefficient (Wildman–Crippen LogP) is 4.90. The standard InChI is InChI=1S/C8H10.C2H2Cl4/c1-7-3-5-8(2)6-4-7;3-1(4)2(5)6/h3-6H,1-2H3;1-2H. The molecule has 4 heteroatoms. The molecule has 0 nitrogen and oxygen atoms in total. The Hall–Kier alpha value is 0.380. The maximum Gasteiger partial charge on any atom is 0.137 e. The highest BCUT2D eigenvalue weighted by molar-refractivity contribution is 6.56. The second-order valence-corrected chi connectivity index (χ2v) is 5.15. The van der Waals surface area contributed by atoms with Crippen molar-refractivity contribution in [1.29, 1.82) is 0 Å². The Morgan fingerprint density at radius 1 is 0.714 bits per heavy atom. The van der Waals surface area contributed by atoms with E-state index in [4.69, 9.17) is 46.4 Å². The third kappa shape index (κ3) is 7.75. The van der Waals surface area contributed by atoms with E-state index < -0.39 is 9.67 Å². The summed E-state index contributed by atoms with van der Waals surface area (Å²) in [5, 5.41) is 0. The van der Waals surface area contributed by atoms with Crippen molar-refractivity contribution in [3.05, 3.63) is 35.4 Å². The second-order valence-electron chi connectivity index (χ2n) is 2.82. The van der Waals surface area contributed by atoms with Gasteiger partial charge in [0.2, 0.25) is 0 Å². The molecule has 0 aliphatic heterocycles. The summed E-state index contributed by atoms with van der Waals surface area (Å²) in [6.07, 6.45) is 0. The van der Waals surface area contributed by atoms with Crippen LogP contribution in [-0.4, -0.2) is 9.67 Å². The van der Waals surface area contributed by atoms with Gasteiger partial charge in [-0.3, -0.25) is 0 Å². The molecule has 0 fully saturated rings. The molecule has 0 aliphatic rings. The van der Waals surface area contributed by atoms with Crippen LogP contribution in [0.5, 0.6) is 0 Å². The number of halogens is 4. The van der Waals surface area contributed by atoms with Gasteiger partial charge in [0, 0.05) is 0 Å². The molecule has 1 aromatic carbocycles.